The summed E-state index contributed by atoms with van der Waals surface area (Å²) in [4.78, 5) is 4.54. The van der Waals surface area contributed by atoms with E-state index in [1.807, 2.05) is 13.8 Å². The van der Waals surface area contributed by atoms with Crippen molar-refractivity contribution in [2.75, 3.05) is 6.61 Å². The minimum atomic E-state index is -3.80. The van der Waals surface area contributed by atoms with Gasteiger partial charge in [-0.1, -0.05) is 25.4 Å². The SMILES string of the molecule is CC(C)C(CCO)NS(=O)(=O)c1c(Cl)nc2sccn12. The van der Waals surface area contributed by atoms with Crippen LogP contribution in [0.3, 0.4) is 0 Å². The molecule has 0 amide bonds. The van der Waals surface area contributed by atoms with E-state index >= 15 is 0 Å². The molecule has 2 rings (SSSR count). The molecule has 0 aliphatic heterocycles. The van der Waals surface area contributed by atoms with Crippen molar-refractivity contribution in [2.24, 2.45) is 5.92 Å². The Labute approximate surface area is 126 Å². The molecule has 0 aliphatic rings. The lowest BCUT2D eigenvalue weighted by molar-refractivity contribution is 0.255. The van der Waals surface area contributed by atoms with Crippen molar-refractivity contribution in [3.05, 3.63) is 16.7 Å². The van der Waals surface area contributed by atoms with Gasteiger partial charge in [-0.15, -0.1) is 11.3 Å². The Morgan fingerprint density at radius 1 is 1.55 bits per heavy atom. The Balaban J connectivity index is 2.39. The number of nitrogens with one attached hydrogen (secondary N) is 1. The summed E-state index contributed by atoms with van der Waals surface area (Å²) in [5.74, 6) is 0.0570. The van der Waals surface area contributed by atoms with Crippen molar-refractivity contribution in [1.82, 2.24) is 14.1 Å². The molecule has 0 aromatic carbocycles. The molecule has 20 heavy (non-hydrogen) atoms. The number of aliphatic hydroxyl groups excluding tert-OH is 1. The number of sulfonamides is 1. The highest BCUT2D eigenvalue weighted by atomic mass is 35.5. The van der Waals surface area contributed by atoms with E-state index in [0.29, 0.717) is 11.4 Å². The van der Waals surface area contributed by atoms with Crippen LogP contribution in [0, 0.1) is 5.92 Å². The maximum absolute atomic E-state index is 12.5. The lowest BCUT2D eigenvalue weighted by atomic mass is 10.0. The summed E-state index contributed by atoms with van der Waals surface area (Å²) in [5.41, 5.74) is 0. The third kappa shape index (κ3) is 2.99. The second-order valence-corrected chi connectivity index (χ2v) is 7.61. The molecule has 0 bridgehead atoms. The summed E-state index contributed by atoms with van der Waals surface area (Å²) in [6.45, 7) is 3.70. The largest absolute Gasteiger partial charge is 0.396 e. The maximum Gasteiger partial charge on any atom is 0.260 e. The van der Waals surface area contributed by atoms with Gasteiger partial charge >= 0.3 is 0 Å². The Kier molecular flexibility index (Phi) is 4.70. The molecule has 112 valence electrons. The number of hydrogen-bond donors (Lipinski definition) is 2. The van der Waals surface area contributed by atoms with Crippen LogP contribution in [0.5, 0.6) is 0 Å². The van der Waals surface area contributed by atoms with E-state index in [9.17, 15) is 8.42 Å². The molecule has 1 unspecified atom stereocenters. The van der Waals surface area contributed by atoms with Gasteiger partial charge in [0.1, 0.15) is 0 Å². The molecule has 2 N–H and O–H groups in total. The van der Waals surface area contributed by atoms with Crippen LogP contribution in [0.2, 0.25) is 5.15 Å². The van der Waals surface area contributed by atoms with Crippen LogP contribution in [0.1, 0.15) is 20.3 Å². The van der Waals surface area contributed by atoms with Crippen molar-refractivity contribution in [3.63, 3.8) is 0 Å². The predicted molar refractivity (Wildman–Crippen MR) is 78.7 cm³/mol. The normalized spacial score (nSPS) is 14.2. The van der Waals surface area contributed by atoms with Crippen molar-refractivity contribution < 1.29 is 13.5 Å². The van der Waals surface area contributed by atoms with Gasteiger partial charge in [-0.25, -0.2) is 18.1 Å². The molecule has 0 saturated heterocycles. The minimum Gasteiger partial charge on any atom is -0.396 e. The molecule has 1 atom stereocenters. The molecular weight excluding hydrogens is 322 g/mol. The fraction of sp³-hybridized carbons (Fsp3) is 0.545. The van der Waals surface area contributed by atoms with E-state index in [1.165, 1.54) is 15.7 Å². The lowest BCUT2D eigenvalue weighted by Gasteiger charge is -2.21. The summed E-state index contributed by atoms with van der Waals surface area (Å²) >= 11 is 7.25. The maximum atomic E-state index is 12.5. The smallest absolute Gasteiger partial charge is 0.260 e. The summed E-state index contributed by atoms with van der Waals surface area (Å²) in [5, 5.41) is 10.7. The van der Waals surface area contributed by atoms with E-state index in [4.69, 9.17) is 16.7 Å². The van der Waals surface area contributed by atoms with Gasteiger partial charge in [0.15, 0.2) is 15.1 Å². The van der Waals surface area contributed by atoms with Crippen molar-refractivity contribution in [3.8, 4) is 0 Å². The number of fused-ring (bicyclic) bond motifs is 1. The Bertz CT molecular complexity index is 693. The zero-order chi connectivity index (χ0) is 14.9. The number of halogens is 1. The first-order valence-electron chi connectivity index (χ1n) is 6.11. The number of rotatable bonds is 6. The standard InChI is InChI=1S/C11H16ClN3O3S2/c1-7(2)8(3-5-16)14-20(17,18)10-9(12)13-11-15(10)4-6-19-11/h4,6-8,14,16H,3,5H2,1-2H3. The highest BCUT2D eigenvalue weighted by Gasteiger charge is 2.28. The summed E-state index contributed by atoms with van der Waals surface area (Å²) in [6.07, 6.45) is 1.96. The molecule has 0 aliphatic carbocycles. The van der Waals surface area contributed by atoms with Gasteiger partial charge in [0.25, 0.3) is 10.0 Å². The van der Waals surface area contributed by atoms with E-state index in [1.54, 1.807) is 11.6 Å². The molecule has 2 aromatic heterocycles. The van der Waals surface area contributed by atoms with E-state index < -0.39 is 10.0 Å². The van der Waals surface area contributed by atoms with Crippen LogP contribution in [0.25, 0.3) is 4.96 Å². The van der Waals surface area contributed by atoms with Gasteiger partial charge in [-0.2, -0.15) is 0 Å². The lowest BCUT2D eigenvalue weighted by Crippen LogP contribution is -2.39. The van der Waals surface area contributed by atoms with Crippen LogP contribution in [-0.4, -0.2) is 35.6 Å². The van der Waals surface area contributed by atoms with Crippen molar-refractivity contribution in [1.29, 1.82) is 0 Å². The van der Waals surface area contributed by atoms with Gasteiger partial charge in [-0.3, -0.25) is 4.40 Å². The first-order chi connectivity index (χ1) is 9.36. The summed E-state index contributed by atoms with van der Waals surface area (Å²) in [7, 11) is -3.80. The van der Waals surface area contributed by atoms with Crippen LogP contribution in [-0.2, 0) is 10.0 Å². The van der Waals surface area contributed by atoms with Gasteiger partial charge in [0.2, 0.25) is 0 Å². The number of imidazole rings is 1. The van der Waals surface area contributed by atoms with Gasteiger partial charge in [0, 0.05) is 24.2 Å². The van der Waals surface area contributed by atoms with Gasteiger partial charge in [0.05, 0.1) is 0 Å². The number of aliphatic hydroxyl groups is 1. The van der Waals surface area contributed by atoms with Gasteiger partial charge < -0.3 is 5.11 Å². The molecule has 9 heteroatoms. The first kappa shape index (κ1) is 15.7. The van der Waals surface area contributed by atoms with Crippen LogP contribution >= 0.6 is 22.9 Å². The number of nitrogens with zero attached hydrogens (tertiary/aromatic N) is 2. The molecular formula is C11H16ClN3O3S2. The Morgan fingerprint density at radius 3 is 2.85 bits per heavy atom. The summed E-state index contributed by atoms with van der Waals surface area (Å²) in [6, 6.07) is -0.356. The number of thiazole rings is 1. The molecule has 0 radical (unpaired) electrons. The fourth-order valence-electron chi connectivity index (χ4n) is 1.90. The second kappa shape index (κ2) is 5.98. The van der Waals surface area contributed by atoms with Crippen LogP contribution in [0.4, 0.5) is 0 Å². The average molecular weight is 338 g/mol. The van der Waals surface area contributed by atoms with Crippen molar-refractivity contribution in [2.45, 2.75) is 31.3 Å². The number of aromatic nitrogens is 2. The Morgan fingerprint density at radius 2 is 2.25 bits per heavy atom. The zero-order valence-corrected chi connectivity index (χ0v) is 13.5. The third-order valence-electron chi connectivity index (χ3n) is 2.98. The quantitative estimate of drug-likeness (QED) is 0.841. The van der Waals surface area contributed by atoms with Crippen LogP contribution in [0.15, 0.2) is 16.6 Å². The molecule has 6 nitrogen and oxygen atoms in total. The molecule has 0 spiro atoms. The monoisotopic (exact) mass is 337 g/mol. The summed E-state index contributed by atoms with van der Waals surface area (Å²) < 4.78 is 29.0. The topological polar surface area (TPSA) is 83.7 Å². The minimum absolute atomic E-state index is 0.0455. The van der Waals surface area contributed by atoms with Crippen molar-refractivity contribution >= 4 is 37.9 Å². The van der Waals surface area contributed by atoms with E-state index in [0.717, 1.165) is 0 Å². The first-order valence-corrected chi connectivity index (χ1v) is 8.85. The average Bonchev–Trinajstić information content (AvgIpc) is 2.86. The molecule has 2 heterocycles. The second-order valence-electron chi connectivity index (χ2n) is 4.75. The number of hydrogen-bond acceptors (Lipinski definition) is 5. The molecule has 0 fully saturated rings. The van der Waals surface area contributed by atoms with Gasteiger partial charge in [-0.05, 0) is 12.3 Å². The molecule has 0 saturated carbocycles. The van der Waals surface area contributed by atoms with E-state index in [2.05, 4.69) is 9.71 Å². The van der Waals surface area contributed by atoms with Crippen LogP contribution < -0.4 is 4.72 Å². The third-order valence-corrected chi connectivity index (χ3v) is 5.63. The fourth-order valence-corrected chi connectivity index (χ4v) is 4.77. The van der Waals surface area contributed by atoms with E-state index in [-0.39, 0.29) is 28.7 Å². The highest BCUT2D eigenvalue weighted by Crippen LogP contribution is 2.26. The Hall–Kier alpha value is -0.670. The predicted octanol–water partition coefficient (Wildman–Crippen LogP) is 1.73. The highest BCUT2D eigenvalue weighted by molar-refractivity contribution is 7.89. The molecule has 2 aromatic rings. The zero-order valence-electron chi connectivity index (χ0n) is 11.1.